The van der Waals surface area contributed by atoms with E-state index in [-0.39, 0.29) is 41.7 Å². The molecule has 2 aliphatic heterocycles. The molecule has 9 nitrogen and oxygen atoms in total. The number of methoxy groups -OCH3 is 1. The van der Waals surface area contributed by atoms with E-state index in [0.717, 1.165) is 45.1 Å². The molecule has 2 aliphatic rings. The first-order valence-electron chi connectivity index (χ1n) is 15.4. The smallest absolute Gasteiger partial charge is 0.328 e. The van der Waals surface area contributed by atoms with E-state index in [0.29, 0.717) is 19.5 Å². The Kier molecular flexibility index (Phi) is 12.0. The fourth-order valence-corrected chi connectivity index (χ4v) is 6.48. The molecule has 40 heavy (non-hydrogen) atoms. The molecule has 0 bridgehead atoms. The van der Waals surface area contributed by atoms with Gasteiger partial charge >= 0.3 is 5.97 Å². The zero-order valence-electron chi connectivity index (χ0n) is 26.8. The molecule has 0 saturated carbocycles. The summed E-state index contributed by atoms with van der Waals surface area (Å²) in [5, 5.41) is 3.16. The SMILES string of the molecule is CCC(CC)(CC)C(=O)N[C@H](C(=O)N(C)[C@H](CN1CCC[C@H]1C(=O)N1CCC[C@H]1C(=O)OC)C(C)C)C(C)(C)C. The molecule has 0 aliphatic carbocycles. The third-order valence-corrected chi connectivity index (χ3v) is 9.59. The van der Waals surface area contributed by atoms with Crippen molar-refractivity contribution in [2.24, 2.45) is 16.7 Å². The number of esters is 1. The molecule has 4 atom stereocenters. The summed E-state index contributed by atoms with van der Waals surface area (Å²) in [6, 6.07) is -1.64. The fraction of sp³-hybridized carbons (Fsp3) is 0.871. The van der Waals surface area contributed by atoms with E-state index < -0.39 is 22.9 Å². The zero-order chi connectivity index (χ0) is 30.4. The van der Waals surface area contributed by atoms with Gasteiger partial charge in [0.1, 0.15) is 12.1 Å². The average Bonchev–Trinajstić information content (AvgIpc) is 3.59. The van der Waals surface area contributed by atoms with Crippen LogP contribution in [-0.2, 0) is 23.9 Å². The van der Waals surface area contributed by atoms with Crippen molar-refractivity contribution in [1.82, 2.24) is 20.0 Å². The van der Waals surface area contributed by atoms with Gasteiger partial charge in [-0.2, -0.15) is 0 Å². The number of nitrogens with zero attached hydrogens (tertiary/aromatic N) is 3. The molecule has 3 amide bonds. The van der Waals surface area contributed by atoms with Gasteiger partial charge in [-0.25, -0.2) is 4.79 Å². The average molecular weight is 565 g/mol. The molecule has 2 fully saturated rings. The minimum atomic E-state index is -0.670. The summed E-state index contributed by atoms with van der Waals surface area (Å²) in [7, 11) is 3.19. The quantitative estimate of drug-likeness (QED) is 0.362. The number of carbonyl (C=O) groups excluding carboxylic acids is 4. The maximum Gasteiger partial charge on any atom is 0.328 e. The van der Waals surface area contributed by atoms with Crippen molar-refractivity contribution in [3.63, 3.8) is 0 Å². The standard InChI is InChI=1S/C31H56N4O5/c1-11-31(12-2,13-3)29(39)32-25(30(6,7)8)27(37)33(9)24(21(4)5)20-34-18-14-16-22(34)26(36)35-19-15-17-23(35)28(38)40-10/h21-25H,11-20H2,1-10H3,(H,32,39)/t22-,23-,24+,25+/m0/s1. The van der Waals surface area contributed by atoms with Crippen molar-refractivity contribution in [2.75, 3.05) is 33.8 Å². The van der Waals surface area contributed by atoms with E-state index in [9.17, 15) is 19.2 Å². The number of carbonyl (C=O) groups is 4. The molecular formula is C31H56N4O5. The van der Waals surface area contributed by atoms with E-state index in [2.05, 4.69) is 24.1 Å². The van der Waals surface area contributed by atoms with Crippen LogP contribution < -0.4 is 5.32 Å². The lowest BCUT2D eigenvalue weighted by molar-refractivity contribution is -0.152. The molecule has 0 aromatic rings. The molecule has 0 spiro atoms. The summed E-state index contributed by atoms with van der Waals surface area (Å²) in [6.45, 7) is 18.1. The van der Waals surface area contributed by atoms with Crippen molar-refractivity contribution >= 4 is 23.7 Å². The Bertz CT molecular complexity index is 886. The van der Waals surface area contributed by atoms with Gasteiger partial charge in [-0.1, -0.05) is 55.4 Å². The molecular weight excluding hydrogens is 508 g/mol. The minimum absolute atomic E-state index is 0.0169. The second kappa shape index (κ2) is 14.1. The normalized spacial score (nSPS) is 21.8. The van der Waals surface area contributed by atoms with Crippen molar-refractivity contribution in [2.45, 2.75) is 125 Å². The Labute approximate surface area is 242 Å². The highest BCUT2D eigenvalue weighted by molar-refractivity contribution is 5.91. The molecule has 0 aromatic carbocycles. The van der Waals surface area contributed by atoms with E-state index in [1.165, 1.54) is 7.11 Å². The third-order valence-electron chi connectivity index (χ3n) is 9.59. The van der Waals surface area contributed by atoms with Gasteiger partial charge in [0.2, 0.25) is 17.7 Å². The number of nitrogens with one attached hydrogen (secondary N) is 1. The Morgan fingerprint density at radius 3 is 2.00 bits per heavy atom. The first-order valence-corrected chi connectivity index (χ1v) is 15.4. The predicted molar refractivity (Wildman–Crippen MR) is 157 cm³/mol. The Morgan fingerprint density at radius 1 is 0.950 bits per heavy atom. The maximum absolute atomic E-state index is 14.1. The highest BCUT2D eigenvalue weighted by atomic mass is 16.5. The van der Waals surface area contributed by atoms with E-state index in [1.807, 2.05) is 48.6 Å². The van der Waals surface area contributed by atoms with E-state index >= 15 is 0 Å². The molecule has 9 heteroatoms. The number of amides is 3. The summed E-state index contributed by atoms with van der Waals surface area (Å²) in [6.07, 6.45) is 5.22. The van der Waals surface area contributed by atoms with Crippen molar-refractivity contribution < 1.29 is 23.9 Å². The van der Waals surface area contributed by atoms with Crippen LogP contribution in [0.3, 0.4) is 0 Å². The molecule has 1 N–H and O–H groups in total. The van der Waals surface area contributed by atoms with Gasteiger partial charge in [0.25, 0.3) is 0 Å². The largest absolute Gasteiger partial charge is 0.467 e. The first kappa shape index (κ1) is 34.0. The maximum atomic E-state index is 14.1. The van der Waals surface area contributed by atoms with Crippen LogP contribution in [0.5, 0.6) is 0 Å². The summed E-state index contributed by atoms with van der Waals surface area (Å²) in [5.74, 6) is -0.397. The monoisotopic (exact) mass is 564 g/mol. The minimum Gasteiger partial charge on any atom is -0.467 e. The van der Waals surface area contributed by atoms with Crippen LogP contribution in [0, 0.1) is 16.7 Å². The van der Waals surface area contributed by atoms with Gasteiger partial charge in [-0.3, -0.25) is 19.3 Å². The van der Waals surface area contributed by atoms with Crippen molar-refractivity contribution in [1.29, 1.82) is 0 Å². The zero-order valence-corrected chi connectivity index (χ0v) is 26.8. The van der Waals surface area contributed by atoms with Crippen LogP contribution in [0.15, 0.2) is 0 Å². The van der Waals surface area contributed by atoms with Crippen molar-refractivity contribution in [3.8, 4) is 0 Å². The second-order valence-corrected chi connectivity index (χ2v) is 13.2. The summed E-state index contributed by atoms with van der Waals surface area (Å²) >= 11 is 0. The number of likely N-dealkylation sites (N-methyl/N-ethyl adjacent to an activating group) is 1. The number of ether oxygens (including phenoxy) is 1. The highest BCUT2D eigenvalue weighted by Crippen LogP contribution is 2.33. The molecule has 2 rings (SSSR count). The Morgan fingerprint density at radius 2 is 1.50 bits per heavy atom. The molecule has 230 valence electrons. The Balaban J connectivity index is 2.25. The van der Waals surface area contributed by atoms with Gasteiger partial charge in [0.15, 0.2) is 0 Å². The van der Waals surface area contributed by atoms with Crippen molar-refractivity contribution in [3.05, 3.63) is 0 Å². The van der Waals surface area contributed by atoms with Crippen LogP contribution >= 0.6 is 0 Å². The summed E-state index contributed by atoms with van der Waals surface area (Å²) < 4.78 is 4.96. The molecule has 2 heterocycles. The topological polar surface area (TPSA) is 99.3 Å². The lowest BCUT2D eigenvalue weighted by Crippen LogP contribution is -2.60. The van der Waals surface area contributed by atoms with E-state index in [4.69, 9.17) is 4.74 Å². The molecule has 0 unspecified atom stereocenters. The van der Waals surface area contributed by atoms with Crippen LogP contribution in [0.2, 0.25) is 0 Å². The number of hydrogen-bond acceptors (Lipinski definition) is 6. The number of rotatable bonds is 12. The van der Waals surface area contributed by atoms with Crippen LogP contribution in [0.25, 0.3) is 0 Å². The lowest BCUT2D eigenvalue weighted by Gasteiger charge is -2.41. The van der Waals surface area contributed by atoms with Gasteiger partial charge < -0.3 is 19.9 Å². The molecule has 0 aromatic heterocycles. The summed E-state index contributed by atoms with van der Waals surface area (Å²) in [5.41, 5.74) is -0.963. The first-order chi connectivity index (χ1) is 18.7. The van der Waals surface area contributed by atoms with Gasteiger partial charge in [-0.05, 0) is 62.8 Å². The van der Waals surface area contributed by atoms with Crippen LogP contribution in [-0.4, -0.2) is 96.3 Å². The number of likely N-dealkylation sites (tertiary alicyclic amines) is 2. The second-order valence-electron chi connectivity index (χ2n) is 13.2. The lowest BCUT2D eigenvalue weighted by atomic mass is 9.77. The number of hydrogen-bond donors (Lipinski definition) is 1. The predicted octanol–water partition coefficient (Wildman–Crippen LogP) is 3.85. The third kappa shape index (κ3) is 7.37. The summed E-state index contributed by atoms with van der Waals surface area (Å²) in [4.78, 5) is 59.2. The fourth-order valence-electron chi connectivity index (χ4n) is 6.48. The molecule has 2 saturated heterocycles. The van der Waals surface area contributed by atoms with Gasteiger partial charge in [0.05, 0.1) is 13.2 Å². The van der Waals surface area contributed by atoms with Crippen LogP contribution in [0.4, 0.5) is 0 Å². The van der Waals surface area contributed by atoms with Gasteiger partial charge in [-0.15, -0.1) is 0 Å². The van der Waals surface area contributed by atoms with Crippen LogP contribution in [0.1, 0.15) is 100 Å². The highest BCUT2D eigenvalue weighted by Gasteiger charge is 2.44. The molecule has 0 radical (unpaired) electrons. The van der Waals surface area contributed by atoms with E-state index in [1.54, 1.807) is 9.80 Å². The Hall–Kier alpha value is -2.16. The van der Waals surface area contributed by atoms with Gasteiger partial charge in [0, 0.05) is 31.6 Å².